The van der Waals surface area contributed by atoms with E-state index in [-0.39, 0.29) is 12.5 Å². The highest BCUT2D eigenvalue weighted by atomic mass is 16.5. The maximum atomic E-state index is 11.6. The fraction of sp³-hybridized carbons (Fsp3) is 0.923. The first-order chi connectivity index (χ1) is 8.04. The average Bonchev–Trinajstić information content (AvgIpc) is 2.30. The molecular weight excluding hydrogens is 216 g/mol. The van der Waals surface area contributed by atoms with Crippen molar-refractivity contribution < 1.29 is 9.53 Å². The Balaban J connectivity index is 2.28. The summed E-state index contributed by atoms with van der Waals surface area (Å²) >= 11 is 0. The van der Waals surface area contributed by atoms with Crippen LogP contribution in [0.2, 0.25) is 0 Å². The Bertz CT molecular complexity index is 236. The highest BCUT2D eigenvalue weighted by Crippen LogP contribution is 2.18. The maximum absolute atomic E-state index is 11.6. The third-order valence-corrected chi connectivity index (χ3v) is 3.66. The summed E-state index contributed by atoms with van der Waals surface area (Å²) in [5, 5.41) is 0. The molecule has 0 unspecified atom stereocenters. The van der Waals surface area contributed by atoms with E-state index in [9.17, 15) is 4.79 Å². The molecule has 0 radical (unpaired) electrons. The van der Waals surface area contributed by atoms with Crippen molar-refractivity contribution in [1.82, 2.24) is 9.80 Å². The second-order valence-electron chi connectivity index (χ2n) is 5.29. The van der Waals surface area contributed by atoms with Crippen molar-refractivity contribution in [2.45, 2.75) is 32.7 Å². The highest BCUT2D eigenvalue weighted by Gasteiger charge is 2.23. The van der Waals surface area contributed by atoms with Crippen molar-refractivity contribution in [3.05, 3.63) is 0 Å². The molecule has 0 aromatic rings. The quantitative estimate of drug-likeness (QED) is 0.726. The number of amides is 1. The maximum Gasteiger partial charge on any atom is 0.248 e. The van der Waals surface area contributed by atoms with Gasteiger partial charge in [0.15, 0.2) is 0 Å². The van der Waals surface area contributed by atoms with Crippen LogP contribution < -0.4 is 0 Å². The largest absolute Gasteiger partial charge is 0.375 e. The molecule has 4 nitrogen and oxygen atoms in total. The number of methoxy groups -OCH3 is 1. The van der Waals surface area contributed by atoms with E-state index in [4.69, 9.17) is 4.74 Å². The van der Waals surface area contributed by atoms with Gasteiger partial charge in [-0.1, -0.05) is 0 Å². The number of hydrogen-bond donors (Lipinski definition) is 0. The van der Waals surface area contributed by atoms with Gasteiger partial charge in [-0.3, -0.25) is 4.79 Å². The van der Waals surface area contributed by atoms with Crippen LogP contribution in [0.1, 0.15) is 26.7 Å². The molecule has 0 atom stereocenters. The van der Waals surface area contributed by atoms with E-state index in [1.165, 1.54) is 0 Å². The van der Waals surface area contributed by atoms with Crippen molar-refractivity contribution >= 4 is 5.91 Å². The number of ether oxygens (including phenoxy) is 1. The van der Waals surface area contributed by atoms with Crippen molar-refractivity contribution in [1.29, 1.82) is 0 Å². The summed E-state index contributed by atoms with van der Waals surface area (Å²) in [4.78, 5) is 15.9. The second-order valence-corrected chi connectivity index (χ2v) is 5.29. The Kier molecular flexibility index (Phi) is 5.92. The molecule has 0 spiro atoms. The standard InChI is InChI=1S/C13H26N2O2/c1-11(2)14(3)9-12-5-7-15(8-6-12)13(16)10-17-4/h11-12H,5-10H2,1-4H3. The number of rotatable bonds is 5. The lowest BCUT2D eigenvalue weighted by atomic mass is 9.96. The van der Waals surface area contributed by atoms with Gasteiger partial charge in [0.2, 0.25) is 5.91 Å². The smallest absolute Gasteiger partial charge is 0.248 e. The summed E-state index contributed by atoms with van der Waals surface area (Å²) in [6, 6.07) is 0.600. The van der Waals surface area contributed by atoms with E-state index < -0.39 is 0 Å². The van der Waals surface area contributed by atoms with Crippen LogP contribution in [0.25, 0.3) is 0 Å². The molecule has 1 fully saturated rings. The minimum absolute atomic E-state index is 0.128. The van der Waals surface area contributed by atoms with Gasteiger partial charge >= 0.3 is 0 Å². The van der Waals surface area contributed by atoms with E-state index >= 15 is 0 Å². The second kappa shape index (κ2) is 6.97. The molecule has 0 N–H and O–H groups in total. The minimum atomic E-state index is 0.128. The minimum Gasteiger partial charge on any atom is -0.375 e. The van der Waals surface area contributed by atoms with Crippen molar-refractivity contribution in [3.63, 3.8) is 0 Å². The van der Waals surface area contributed by atoms with Crippen LogP contribution in [0.3, 0.4) is 0 Å². The predicted molar refractivity (Wildman–Crippen MR) is 68.9 cm³/mol. The number of carbonyl (C=O) groups is 1. The van der Waals surface area contributed by atoms with Gasteiger partial charge < -0.3 is 14.5 Å². The zero-order chi connectivity index (χ0) is 12.8. The van der Waals surface area contributed by atoms with Gasteiger partial charge in [0.25, 0.3) is 0 Å². The van der Waals surface area contributed by atoms with Crippen LogP contribution >= 0.6 is 0 Å². The first-order valence-corrected chi connectivity index (χ1v) is 6.51. The monoisotopic (exact) mass is 242 g/mol. The molecule has 100 valence electrons. The Morgan fingerprint density at radius 2 is 2.00 bits per heavy atom. The van der Waals surface area contributed by atoms with Crippen LogP contribution in [0.4, 0.5) is 0 Å². The number of carbonyl (C=O) groups excluding carboxylic acids is 1. The van der Waals surface area contributed by atoms with Gasteiger partial charge in [-0.25, -0.2) is 0 Å². The van der Waals surface area contributed by atoms with E-state index in [2.05, 4.69) is 25.8 Å². The van der Waals surface area contributed by atoms with Gasteiger partial charge in [0, 0.05) is 32.8 Å². The van der Waals surface area contributed by atoms with E-state index in [0.717, 1.165) is 38.4 Å². The number of piperidine rings is 1. The molecule has 1 aliphatic rings. The SMILES string of the molecule is COCC(=O)N1CCC(CN(C)C(C)C)CC1. The third-order valence-electron chi connectivity index (χ3n) is 3.66. The van der Waals surface area contributed by atoms with Crippen LogP contribution in [0.15, 0.2) is 0 Å². The summed E-state index contributed by atoms with van der Waals surface area (Å²) in [5.74, 6) is 0.858. The molecule has 0 aromatic heterocycles. The average molecular weight is 242 g/mol. The van der Waals surface area contributed by atoms with Gasteiger partial charge in [-0.2, -0.15) is 0 Å². The molecular formula is C13H26N2O2. The zero-order valence-electron chi connectivity index (χ0n) is 11.6. The summed E-state index contributed by atoms with van der Waals surface area (Å²) in [5.41, 5.74) is 0. The van der Waals surface area contributed by atoms with E-state index in [0.29, 0.717) is 6.04 Å². The lowest BCUT2D eigenvalue weighted by molar-refractivity contribution is -0.136. The number of nitrogens with zero attached hydrogens (tertiary/aromatic N) is 2. The Morgan fingerprint density at radius 1 is 1.41 bits per heavy atom. The normalized spacial score (nSPS) is 18.1. The summed E-state index contributed by atoms with van der Waals surface area (Å²) in [7, 11) is 3.75. The van der Waals surface area contributed by atoms with Gasteiger partial charge in [-0.15, -0.1) is 0 Å². The van der Waals surface area contributed by atoms with Crippen molar-refractivity contribution in [2.24, 2.45) is 5.92 Å². The lowest BCUT2D eigenvalue weighted by Crippen LogP contribution is -2.43. The van der Waals surface area contributed by atoms with Crippen LogP contribution in [0, 0.1) is 5.92 Å². The Morgan fingerprint density at radius 3 is 2.47 bits per heavy atom. The van der Waals surface area contributed by atoms with Crippen LogP contribution in [-0.4, -0.2) is 62.1 Å². The molecule has 0 bridgehead atoms. The summed E-state index contributed by atoms with van der Waals surface area (Å²) < 4.78 is 4.88. The summed E-state index contributed by atoms with van der Waals surface area (Å²) in [6.07, 6.45) is 2.24. The van der Waals surface area contributed by atoms with Crippen LogP contribution in [-0.2, 0) is 9.53 Å². The molecule has 0 aliphatic carbocycles. The highest BCUT2D eigenvalue weighted by molar-refractivity contribution is 5.77. The molecule has 1 aliphatic heterocycles. The number of likely N-dealkylation sites (tertiary alicyclic amines) is 1. The van der Waals surface area contributed by atoms with Gasteiger partial charge in [0.1, 0.15) is 6.61 Å². The molecule has 0 saturated carbocycles. The summed E-state index contributed by atoms with van der Waals surface area (Å²) in [6.45, 7) is 7.58. The van der Waals surface area contributed by atoms with E-state index in [1.807, 2.05) is 4.90 Å². The third kappa shape index (κ3) is 4.64. The van der Waals surface area contributed by atoms with Gasteiger partial charge in [-0.05, 0) is 39.7 Å². The first-order valence-electron chi connectivity index (χ1n) is 6.51. The molecule has 1 amide bonds. The van der Waals surface area contributed by atoms with Gasteiger partial charge in [0.05, 0.1) is 0 Å². The Hall–Kier alpha value is -0.610. The van der Waals surface area contributed by atoms with Crippen molar-refractivity contribution in [2.75, 3.05) is 40.4 Å². The van der Waals surface area contributed by atoms with Crippen LogP contribution in [0.5, 0.6) is 0 Å². The topological polar surface area (TPSA) is 32.8 Å². The first kappa shape index (κ1) is 14.5. The fourth-order valence-electron chi connectivity index (χ4n) is 2.20. The molecule has 0 aromatic carbocycles. The molecule has 1 heterocycles. The zero-order valence-corrected chi connectivity index (χ0v) is 11.6. The van der Waals surface area contributed by atoms with Crippen molar-refractivity contribution in [3.8, 4) is 0 Å². The lowest BCUT2D eigenvalue weighted by Gasteiger charge is -2.34. The fourth-order valence-corrected chi connectivity index (χ4v) is 2.20. The number of hydrogen-bond acceptors (Lipinski definition) is 3. The predicted octanol–water partition coefficient (Wildman–Crippen LogP) is 1.21. The molecule has 17 heavy (non-hydrogen) atoms. The molecule has 1 saturated heterocycles. The van der Waals surface area contributed by atoms with E-state index in [1.54, 1.807) is 7.11 Å². The Labute approximate surface area is 105 Å². The molecule has 1 rings (SSSR count). The molecule has 4 heteroatoms.